The van der Waals surface area contributed by atoms with Gasteiger partial charge >= 0.3 is 0 Å². The largest absolute Gasteiger partial charge is 0.365 e. The highest BCUT2D eigenvalue weighted by molar-refractivity contribution is 5.11. The topological polar surface area (TPSA) is 26.7 Å². The second-order valence-electron chi connectivity index (χ2n) is 6.72. The number of aliphatic hydroxyl groups is 1. The summed E-state index contributed by atoms with van der Waals surface area (Å²) in [6.07, 6.45) is 0.928. The molecule has 2 heterocycles. The lowest BCUT2D eigenvalue weighted by Gasteiger charge is -2.33. The number of fused-ring (bicyclic) bond motifs is 1. The molecule has 0 aromatic heterocycles. The van der Waals surface area contributed by atoms with Crippen LogP contribution in [0.2, 0.25) is 0 Å². The summed E-state index contributed by atoms with van der Waals surface area (Å²) < 4.78 is 0. The molecule has 16 heavy (non-hydrogen) atoms. The monoisotopic (exact) mass is 224 g/mol. The van der Waals surface area contributed by atoms with Gasteiger partial charge in [0.05, 0.1) is 0 Å². The molecule has 1 aliphatic carbocycles. The normalized spacial score (nSPS) is 44.6. The van der Waals surface area contributed by atoms with Crippen LogP contribution in [0.4, 0.5) is 0 Å². The fraction of sp³-hybridized carbons (Fsp3) is 1.00. The maximum absolute atomic E-state index is 10.3. The lowest BCUT2D eigenvalue weighted by molar-refractivity contribution is -0.101. The molecule has 4 unspecified atom stereocenters. The molecule has 0 aromatic carbocycles. The van der Waals surface area contributed by atoms with Gasteiger partial charge in [-0.1, -0.05) is 20.8 Å². The Kier molecular flexibility index (Phi) is 2.36. The van der Waals surface area contributed by atoms with Crippen molar-refractivity contribution < 1.29 is 5.11 Å². The zero-order valence-corrected chi connectivity index (χ0v) is 10.7. The van der Waals surface area contributed by atoms with Gasteiger partial charge < -0.3 is 5.11 Å². The number of hydrogen-bond acceptors (Lipinski definition) is 3. The number of aliphatic hydroxyl groups excluding tert-OH is 1. The van der Waals surface area contributed by atoms with Gasteiger partial charge in [-0.25, -0.2) is 0 Å². The second-order valence-corrected chi connectivity index (χ2v) is 6.72. The molecule has 4 atom stereocenters. The van der Waals surface area contributed by atoms with Gasteiger partial charge in [-0.15, -0.1) is 0 Å². The number of nitrogens with zero attached hydrogens (tertiary/aromatic N) is 2. The zero-order chi connectivity index (χ0) is 11.5. The van der Waals surface area contributed by atoms with Crippen molar-refractivity contribution in [3.63, 3.8) is 0 Å². The Hall–Kier alpha value is -0.120. The molecule has 2 aliphatic heterocycles. The first kappa shape index (κ1) is 11.0. The van der Waals surface area contributed by atoms with Crippen molar-refractivity contribution in [3.8, 4) is 0 Å². The highest BCUT2D eigenvalue weighted by atomic mass is 16.3. The minimum atomic E-state index is -0.312. The Bertz CT molecular complexity index is 278. The third-order valence-electron chi connectivity index (χ3n) is 5.26. The highest BCUT2D eigenvalue weighted by Gasteiger charge is 2.62. The third kappa shape index (κ3) is 1.52. The Morgan fingerprint density at radius 3 is 2.25 bits per heavy atom. The third-order valence-corrected chi connectivity index (χ3v) is 5.26. The molecule has 0 aromatic rings. The molecule has 92 valence electrons. The van der Waals surface area contributed by atoms with E-state index < -0.39 is 0 Å². The van der Waals surface area contributed by atoms with Crippen LogP contribution in [-0.4, -0.2) is 47.4 Å². The molecule has 1 saturated carbocycles. The summed E-state index contributed by atoms with van der Waals surface area (Å²) in [6, 6.07) is 0. The summed E-state index contributed by atoms with van der Waals surface area (Å²) in [5.74, 6) is 2.42. The molecule has 3 nitrogen and oxygen atoms in total. The van der Waals surface area contributed by atoms with E-state index in [-0.39, 0.29) is 6.35 Å². The van der Waals surface area contributed by atoms with Gasteiger partial charge in [-0.2, -0.15) is 0 Å². The van der Waals surface area contributed by atoms with Crippen molar-refractivity contribution in [2.24, 2.45) is 23.2 Å². The van der Waals surface area contributed by atoms with Crippen molar-refractivity contribution >= 4 is 0 Å². The maximum atomic E-state index is 10.3. The summed E-state index contributed by atoms with van der Waals surface area (Å²) in [6.45, 7) is 11.3. The summed E-state index contributed by atoms with van der Waals surface area (Å²) in [5, 5.41) is 10.3. The first-order valence-electron chi connectivity index (χ1n) is 6.66. The first-order chi connectivity index (χ1) is 7.50. The number of rotatable bonds is 2. The van der Waals surface area contributed by atoms with Crippen molar-refractivity contribution in [1.29, 1.82) is 0 Å². The van der Waals surface area contributed by atoms with E-state index in [1.165, 1.54) is 6.42 Å². The summed E-state index contributed by atoms with van der Waals surface area (Å²) >= 11 is 0. The van der Waals surface area contributed by atoms with Crippen LogP contribution >= 0.6 is 0 Å². The van der Waals surface area contributed by atoms with Crippen molar-refractivity contribution in [1.82, 2.24) is 9.80 Å². The standard InChI is InChI=1S/C13H24N2O/c1-9-4-5-14(6-9)12(16)15-7-10-11(8-15)13(10,2)3/h9-12,16H,4-8H2,1-3H3. The van der Waals surface area contributed by atoms with Crippen LogP contribution in [0.3, 0.4) is 0 Å². The fourth-order valence-electron chi connectivity index (χ4n) is 3.76. The molecule has 0 spiro atoms. The fourth-order valence-corrected chi connectivity index (χ4v) is 3.76. The molecule has 0 radical (unpaired) electrons. The Balaban J connectivity index is 1.56. The van der Waals surface area contributed by atoms with Gasteiger partial charge in [0, 0.05) is 26.2 Å². The predicted octanol–water partition coefficient (Wildman–Crippen LogP) is 1.19. The van der Waals surface area contributed by atoms with Crippen LogP contribution < -0.4 is 0 Å². The number of hydrogen-bond donors (Lipinski definition) is 1. The number of likely N-dealkylation sites (tertiary alicyclic amines) is 2. The molecular weight excluding hydrogens is 200 g/mol. The first-order valence-corrected chi connectivity index (χ1v) is 6.66. The average molecular weight is 224 g/mol. The molecular formula is C13H24N2O. The van der Waals surface area contributed by atoms with Crippen LogP contribution in [0.5, 0.6) is 0 Å². The zero-order valence-electron chi connectivity index (χ0n) is 10.7. The van der Waals surface area contributed by atoms with E-state index in [1.54, 1.807) is 0 Å². The SMILES string of the molecule is CC1CCN(C(O)N2CC3C(C2)C3(C)C)C1. The minimum Gasteiger partial charge on any atom is -0.365 e. The molecule has 3 rings (SSSR count). The summed E-state index contributed by atoms with van der Waals surface area (Å²) in [4.78, 5) is 4.51. The van der Waals surface area contributed by atoms with Gasteiger partial charge in [-0.3, -0.25) is 9.80 Å². The maximum Gasteiger partial charge on any atom is 0.165 e. The molecule has 3 aliphatic rings. The molecule has 0 bridgehead atoms. The van der Waals surface area contributed by atoms with Crippen molar-refractivity contribution in [3.05, 3.63) is 0 Å². The quantitative estimate of drug-likeness (QED) is 0.763. The second kappa shape index (κ2) is 3.44. The van der Waals surface area contributed by atoms with Crippen LogP contribution in [0.25, 0.3) is 0 Å². The Labute approximate surface area is 98.4 Å². The van der Waals surface area contributed by atoms with E-state index in [4.69, 9.17) is 0 Å². The van der Waals surface area contributed by atoms with E-state index >= 15 is 0 Å². The minimum absolute atomic E-state index is 0.312. The molecule has 3 fully saturated rings. The molecule has 2 saturated heterocycles. The number of piperidine rings is 1. The Morgan fingerprint density at radius 1 is 1.12 bits per heavy atom. The van der Waals surface area contributed by atoms with E-state index in [1.807, 2.05) is 0 Å². The predicted molar refractivity (Wildman–Crippen MR) is 63.7 cm³/mol. The van der Waals surface area contributed by atoms with E-state index in [9.17, 15) is 5.11 Å². The smallest absolute Gasteiger partial charge is 0.165 e. The lowest BCUT2D eigenvalue weighted by Crippen LogP contribution is -2.47. The van der Waals surface area contributed by atoms with Crippen molar-refractivity contribution in [2.45, 2.75) is 33.5 Å². The van der Waals surface area contributed by atoms with Crippen LogP contribution in [0.15, 0.2) is 0 Å². The molecule has 0 amide bonds. The summed E-state index contributed by atoms with van der Waals surface area (Å²) in [7, 11) is 0. The van der Waals surface area contributed by atoms with Gasteiger partial charge in [0.1, 0.15) is 0 Å². The average Bonchev–Trinajstić information content (AvgIpc) is 2.72. The van der Waals surface area contributed by atoms with Crippen LogP contribution in [0.1, 0.15) is 27.2 Å². The van der Waals surface area contributed by atoms with Crippen LogP contribution in [0, 0.1) is 23.2 Å². The van der Waals surface area contributed by atoms with E-state index in [2.05, 4.69) is 30.6 Å². The van der Waals surface area contributed by atoms with Gasteiger partial charge in [0.25, 0.3) is 0 Å². The van der Waals surface area contributed by atoms with E-state index in [0.29, 0.717) is 5.41 Å². The lowest BCUT2D eigenvalue weighted by atomic mass is 10.1. The Morgan fingerprint density at radius 2 is 1.75 bits per heavy atom. The van der Waals surface area contributed by atoms with Gasteiger partial charge in [0.2, 0.25) is 0 Å². The van der Waals surface area contributed by atoms with Gasteiger partial charge in [0.15, 0.2) is 6.35 Å². The summed E-state index contributed by atoms with van der Waals surface area (Å²) in [5.41, 5.74) is 0.550. The molecule has 3 heteroatoms. The van der Waals surface area contributed by atoms with Crippen LogP contribution in [-0.2, 0) is 0 Å². The van der Waals surface area contributed by atoms with Crippen molar-refractivity contribution in [2.75, 3.05) is 26.2 Å². The van der Waals surface area contributed by atoms with Gasteiger partial charge in [-0.05, 0) is 29.6 Å². The van der Waals surface area contributed by atoms with E-state index in [0.717, 1.165) is 43.9 Å². The highest BCUT2D eigenvalue weighted by Crippen LogP contribution is 2.62. The molecule has 1 N–H and O–H groups in total.